The molecule has 0 heterocycles. The molecule has 18 heavy (non-hydrogen) atoms. The van der Waals surface area contributed by atoms with Crippen LogP contribution in [-0.4, -0.2) is 16.8 Å². The number of hydrogen-bond donors (Lipinski definition) is 2. The normalized spacial score (nSPS) is 17.3. The number of oxime groups is 1. The molecule has 1 aliphatic carbocycles. The molecular weight excluding hydrogens is 228 g/mol. The van der Waals surface area contributed by atoms with Crippen LogP contribution >= 0.6 is 0 Å². The number of nitrogens with zero attached hydrogens (tertiary/aromatic N) is 1. The second-order valence-electron chi connectivity index (χ2n) is 4.88. The minimum absolute atomic E-state index is 0.0813. The SMILES string of the molecule is C/C(=N\O)c1ccc(NC(=O)C(C)C2CC2)cc1. The van der Waals surface area contributed by atoms with Crippen molar-refractivity contribution in [3.63, 3.8) is 0 Å². The molecule has 1 aliphatic rings. The zero-order valence-corrected chi connectivity index (χ0v) is 10.7. The van der Waals surface area contributed by atoms with Gasteiger partial charge in [-0.1, -0.05) is 24.2 Å². The van der Waals surface area contributed by atoms with Gasteiger partial charge in [0.05, 0.1) is 5.71 Å². The molecule has 0 aromatic heterocycles. The largest absolute Gasteiger partial charge is 0.411 e. The van der Waals surface area contributed by atoms with Crippen molar-refractivity contribution in [2.24, 2.45) is 17.0 Å². The Bertz CT molecular complexity index is 461. The van der Waals surface area contributed by atoms with Gasteiger partial charge in [-0.05, 0) is 43.4 Å². The first-order valence-electron chi connectivity index (χ1n) is 6.21. The number of amides is 1. The molecule has 1 saturated carbocycles. The molecule has 4 heteroatoms. The van der Waals surface area contributed by atoms with Crippen LogP contribution in [-0.2, 0) is 4.79 Å². The summed E-state index contributed by atoms with van der Waals surface area (Å²) < 4.78 is 0. The highest BCUT2D eigenvalue weighted by Crippen LogP contribution is 2.37. The van der Waals surface area contributed by atoms with Gasteiger partial charge in [-0.2, -0.15) is 0 Å². The standard InChI is InChI=1S/C14H18N2O2/c1-9(11-3-4-11)14(17)15-13-7-5-12(6-8-13)10(2)16-18/h5-9,11,18H,3-4H2,1-2H3,(H,15,17)/b16-10+. The van der Waals surface area contributed by atoms with Crippen LogP contribution in [0.5, 0.6) is 0 Å². The van der Waals surface area contributed by atoms with Gasteiger partial charge >= 0.3 is 0 Å². The molecule has 0 bridgehead atoms. The highest BCUT2D eigenvalue weighted by Gasteiger charge is 2.32. The average molecular weight is 246 g/mol. The first-order valence-corrected chi connectivity index (χ1v) is 6.21. The van der Waals surface area contributed by atoms with E-state index in [2.05, 4.69) is 10.5 Å². The van der Waals surface area contributed by atoms with E-state index in [0.29, 0.717) is 11.6 Å². The first-order chi connectivity index (χ1) is 8.61. The van der Waals surface area contributed by atoms with Gasteiger partial charge in [0, 0.05) is 11.6 Å². The summed E-state index contributed by atoms with van der Waals surface area (Å²) >= 11 is 0. The van der Waals surface area contributed by atoms with Gasteiger partial charge in [0.25, 0.3) is 0 Å². The molecule has 1 amide bonds. The lowest BCUT2D eigenvalue weighted by atomic mass is 10.1. The summed E-state index contributed by atoms with van der Waals surface area (Å²) in [6, 6.07) is 7.29. The van der Waals surface area contributed by atoms with E-state index in [4.69, 9.17) is 5.21 Å². The second kappa shape index (κ2) is 5.21. The van der Waals surface area contributed by atoms with Crippen LogP contribution in [0, 0.1) is 11.8 Å². The lowest BCUT2D eigenvalue weighted by Crippen LogP contribution is -2.21. The maximum absolute atomic E-state index is 11.9. The number of carbonyl (C=O) groups excluding carboxylic acids is 1. The van der Waals surface area contributed by atoms with Crippen LogP contribution in [0.15, 0.2) is 29.4 Å². The quantitative estimate of drug-likeness (QED) is 0.487. The third-order valence-electron chi connectivity index (χ3n) is 3.46. The van der Waals surface area contributed by atoms with E-state index < -0.39 is 0 Å². The van der Waals surface area contributed by atoms with Gasteiger partial charge in [0.2, 0.25) is 5.91 Å². The average Bonchev–Trinajstić information content (AvgIpc) is 3.22. The predicted molar refractivity (Wildman–Crippen MR) is 71.0 cm³/mol. The smallest absolute Gasteiger partial charge is 0.227 e. The second-order valence-corrected chi connectivity index (χ2v) is 4.88. The van der Waals surface area contributed by atoms with Crippen LogP contribution in [0.4, 0.5) is 5.69 Å². The molecule has 2 rings (SSSR count). The monoisotopic (exact) mass is 246 g/mol. The number of rotatable bonds is 4. The fraction of sp³-hybridized carbons (Fsp3) is 0.429. The van der Waals surface area contributed by atoms with E-state index in [1.54, 1.807) is 6.92 Å². The van der Waals surface area contributed by atoms with Crippen molar-refractivity contribution >= 4 is 17.3 Å². The summed E-state index contributed by atoms with van der Waals surface area (Å²) in [4.78, 5) is 11.9. The van der Waals surface area contributed by atoms with E-state index in [9.17, 15) is 4.79 Å². The van der Waals surface area contributed by atoms with E-state index in [-0.39, 0.29) is 11.8 Å². The molecule has 0 aliphatic heterocycles. The zero-order chi connectivity index (χ0) is 13.1. The molecule has 1 aromatic rings. The van der Waals surface area contributed by atoms with Crippen molar-refractivity contribution in [1.29, 1.82) is 0 Å². The molecule has 0 radical (unpaired) electrons. The number of benzene rings is 1. The van der Waals surface area contributed by atoms with E-state index in [0.717, 1.165) is 11.3 Å². The third kappa shape index (κ3) is 2.88. The highest BCUT2D eigenvalue weighted by atomic mass is 16.4. The van der Waals surface area contributed by atoms with Gasteiger partial charge in [0.1, 0.15) is 0 Å². The van der Waals surface area contributed by atoms with Crippen LogP contribution in [0.3, 0.4) is 0 Å². The van der Waals surface area contributed by atoms with Crippen molar-refractivity contribution in [2.75, 3.05) is 5.32 Å². The fourth-order valence-corrected chi connectivity index (χ4v) is 1.92. The Labute approximate surface area is 107 Å². The summed E-state index contributed by atoms with van der Waals surface area (Å²) in [6.07, 6.45) is 2.33. The Hall–Kier alpha value is -1.84. The van der Waals surface area contributed by atoms with Crippen LogP contribution in [0.1, 0.15) is 32.3 Å². The molecule has 4 nitrogen and oxygen atoms in total. The van der Waals surface area contributed by atoms with Crippen LogP contribution < -0.4 is 5.32 Å². The van der Waals surface area contributed by atoms with E-state index in [1.807, 2.05) is 31.2 Å². The Kier molecular flexibility index (Phi) is 3.65. The number of anilines is 1. The fourth-order valence-electron chi connectivity index (χ4n) is 1.92. The zero-order valence-electron chi connectivity index (χ0n) is 10.7. The van der Waals surface area contributed by atoms with Crippen molar-refractivity contribution in [3.05, 3.63) is 29.8 Å². The predicted octanol–water partition coefficient (Wildman–Crippen LogP) is 2.87. The Morgan fingerprint density at radius 3 is 2.50 bits per heavy atom. The Balaban J connectivity index is 1.99. The minimum atomic E-state index is 0.0813. The van der Waals surface area contributed by atoms with E-state index >= 15 is 0 Å². The van der Waals surface area contributed by atoms with Gasteiger partial charge in [-0.25, -0.2) is 0 Å². The minimum Gasteiger partial charge on any atom is -0.411 e. The van der Waals surface area contributed by atoms with Crippen molar-refractivity contribution in [2.45, 2.75) is 26.7 Å². The molecule has 96 valence electrons. The number of nitrogens with one attached hydrogen (secondary N) is 1. The summed E-state index contributed by atoms with van der Waals surface area (Å²) in [5, 5.41) is 14.7. The van der Waals surface area contributed by atoms with Gasteiger partial charge in [0.15, 0.2) is 0 Å². The van der Waals surface area contributed by atoms with Gasteiger partial charge in [-0.15, -0.1) is 0 Å². The maximum atomic E-state index is 11.9. The molecular formula is C14H18N2O2. The lowest BCUT2D eigenvalue weighted by molar-refractivity contribution is -0.119. The van der Waals surface area contributed by atoms with E-state index in [1.165, 1.54) is 12.8 Å². The summed E-state index contributed by atoms with van der Waals surface area (Å²) in [5.74, 6) is 0.733. The van der Waals surface area contributed by atoms with Crippen molar-refractivity contribution < 1.29 is 10.0 Å². The number of carbonyl (C=O) groups is 1. The summed E-state index contributed by atoms with van der Waals surface area (Å²) in [5.41, 5.74) is 2.17. The highest BCUT2D eigenvalue weighted by molar-refractivity contribution is 5.99. The van der Waals surface area contributed by atoms with Gasteiger partial charge < -0.3 is 10.5 Å². The first kappa shape index (κ1) is 12.6. The van der Waals surface area contributed by atoms with Crippen LogP contribution in [0.2, 0.25) is 0 Å². The molecule has 1 fully saturated rings. The molecule has 1 unspecified atom stereocenters. The van der Waals surface area contributed by atoms with Gasteiger partial charge in [-0.3, -0.25) is 4.79 Å². The molecule has 0 spiro atoms. The summed E-state index contributed by atoms with van der Waals surface area (Å²) in [6.45, 7) is 3.70. The summed E-state index contributed by atoms with van der Waals surface area (Å²) in [7, 11) is 0. The topological polar surface area (TPSA) is 61.7 Å². The molecule has 2 N–H and O–H groups in total. The molecule has 1 aromatic carbocycles. The van der Waals surface area contributed by atoms with Crippen molar-refractivity contribution in [3.8, 4) is 0 Å². The molecule has 1 atom stereocenters. The molecule has 0 saturated heterocycles. The number of hydrogen-bond acceptors (Lipinski definition) is 3. The Morgan fingerprint density at radius 2 is 2.00 bits per heavy atom. The maximum Gasteiger partial charge on any atom is 0.227 e. The third-order valence-corrected chi connectivity index (χ3v) is 3.46. The lowest BCUT2D eigenvalue weighted by Gasteiger charge is -2.11. The van der Waals surface area contributed by atoms with Crippen molar-refractivity contribution in [1.82, 2.24) is 0 Å². The van der Waals surface area contributed by atoms with Crippen LogP contribution in [0.25, 0.3) is 0 Å². The Morgan fingerprint density at radius 1 is 1.39 bits per heavy atom.